The number of ether oxygens (including phenoxy) is 1. The number of aryl methyl sites for hydroxylation is 2. The molecule has 4 heterocycles. The average Bonchev–Trinajstić information content (AvgIpc) is 4.24. The number of benzene rings is 9. The Balaban J connectivity index is 0.00000680. The monoisotopic (exact) mass is 1120 g/mol. The summed E-state index contributed by atoms with van der Waals surface area (Å²) in [5, 5.41) is 2.02. The van der Waals surface area contributed by atoms with Gasteiger partial charge in [0.05, 0.1) is 23.6 Å². The molecule has 72 heavy (non-hydrogen) atoms. The second kappa shape index (κ2) is 17.6. The van der Waals surface area contributed by atoms with Crippen LogP contribution in [0.5, 0.6) is 11.5 Å². The summed E-state index contributed by atoms with van der Waals surface area (Å²) in [6.07, 6.45) is 5.50. The third-order valence-electron chi connectivity index (χ3n) is 13.5. The maximum Gasteiger partial charge on any atom is 0.268 e. The molecule has 9 aromatic carbocycles. The molecule has 0 amide bonds. The molecule has 12 aromatic rings. The van der Waals surface area contributed by atoms with Crippen LogP contribution in [-0.4, -0.2) is 14.1 Å². The van der Waals surface area contributed by atoms with Gasteiger partial charge < -0.3 is 13.9 Å². The Labute approximate surface area is 450 Å². The van der Waals surface area contributed by atoms with Crippen molar-refractivity contribution in [1.82, 2.24) is 14.1 Å². The van der Waals surface area contributed by atoms with Crippen molar-refractivity contribution in [2.45, 2.75) is 39.9 Å². The van der Waals surface area contributed by atoms with Crippen LogP contribution in [0.3, 0.4) is 0 Å². The van der Waals surface area contributed by atoms with Crippen molar-refractivity contribution in [3.8, 4) is 84.3 Å². The van der Waals surface area contributed by atoms with E-state index in [4.69, 9.17) is 24.8 Å². The van der Waals surface area contributed by atoms with Gasteiger partial charge in [0.1, 0.15) is 5.82 Å². The molecule has 13 rings (SSSR count). The molecule has 0 radical (unpaired) electrons. The van der Waals surface area contributed by atoms with E-state index in [0.29, 0.717) is 56.2 Å². The van der Waals surface area contributed by atoms with Crippen molar-refractivity contribution in [3.05, 3.63) is 235 Å². The van der Waals surface area contributed by atoms with Crippen molar-refractivity contribution in [3.63, 3.8) is 0 Å². The molecule has 0 atom stereocenters. The van der Waals surface area contributed by atoms with E-state index in [1.165, 1.54) is 18.2 Å². The van der Waals surface area contributed by atoms with Crippen LogP contribution in [0.25, 0.3) is 106 Å². The zero-order chi connectivity index (χ0) is 57.3. The minimum Gasteiger partial charge on any atom is -0.510 e. The molecule has 5 nitrogen and oxygen atoms in total. The molecule has 0 unspecified atom stereocenters. The van der Waals surface area contributed by atoms with Gasteiger partial charge in [0.15, 0.2) is 0 Å². The van der Waals surface area contributed by atoms with Gasteiger partial charge in [0.25, 0.3) is 6.33 Å². The van der Waals surface area contributed by atoms with Gasteiger partial charge >= 0.3 is 0 Å². The van der Waals surface area contributed by atoms with E-state index in [2.05, 4.69) is 62.0 Å². The number of para-hydroxylation sites is 3. The first-order chi connectivity index (χ1) is 39.2. The summed E-state index contributed by atoms with van der Waals surface area (Å²) in [7, 11) is 0. The number of pyridine rings is 1. The van der Waals surface area contributed by atoms with Crippen molar-refractivity contribution in [2.75, 3.05) is 0 Å². The largest absolute Gasteiger partial charge is 0.510 e. The normalized spacial score (nSPS) is 14.4. The smallest absolute Gasteiger partial charge is 0.268 e. The Bertz CT molecular complexity index is 4590. The molecule has 0 spiro atoms. The van der Waals surface area contributed by atoms with Crippen molar-refractivity contribution >= 4 is 32.8 Å². The van der Waals surface area contributed by atoms with E-state index in [9.17, 15) is 0 Å². The number of fused-ring (bicyclic) bond motifs is 10. The Morgan fingerprint density at radius 3 is 2.08 bits per heavy atom. The zero-order valence-corrected chi connectivity index (χ0v) is 41.5. The number of hydrogen-bond donors (Lipinski definition) is 0. The van der Waals surface area contributed by atoms with E-state index in [0.717, 1.165) is 49.9 Å². The summed E-state index contributed by atoms with van der Waals surface area (Å²) in [4.78, 5) is 4.84. The van der Waals surface area contributed by atoms with E-state index < -0.39 is 31.8 Å². The van der Waals surface area contributed by atoms with Crippen molar-refractivity contribution < 1.29 is 45.4 Å². The second-order valence-corrected chi connectivity index (χ2v) is 18.8. The summed E-state index contributed by atoms with van der Waals surface area (Å²) in [5.41, 5.74) is 9.41. The third kappa shape index (κ3) is 7.42. The van der Waals surface area contributed by atoms with Gasteiger partial charge in [-0.25, -0.2) is 4.98 Å². The van der Waals surface area contributed by atoms with E-state index in [1.54, 1.807) is 24.3 Å². The average molecular weight is 1120 g/mol. The Morgan fingerprint density at radius 1 is 0.583 bits per heavy atom. The molecule has 0 aliphatic carbocycles. The maximum absolute atomic E-state index is 9.03. The molecule has 3 aromatic heterocycles. The molecule has 0 N–H and O–H groups in total. The minimum atomic E-state index is -2.77. The van der Waals surface area contributed by atoms with Gasteiger partial charge in [-0.3, -0.25) is 4.57 Å². The fourth-order valence-electron chi connectivity index (χ4n) is 10.2. The van der Waals surface area contributed by atoms with E-state index in [-0.39, 0.29) is 66.4 Å². The summed E-state index contributed by atoms with van der Waals surface area (Å²) in [6.45, 7) is 0.986. The quantitative estimate of drug-likeness (QED) is 0.123. The van der Waals surface area contributed by atoms with E-state index >= 15 is 0 Å². The van der Waals surface area contributed by atoms with Crippen LogP contribution in [0.4, 0.5) is 0 Å². The van der Waals surface area contributed by atoms with Crippen molar-refractivity contribution in [2.24, 2.45) is 0 Å². The number of imidazole rings is 1. The molecule has 0 saturated heterocycles. The first-order valence-corrected chi connectivity index (χ1v) is 23.4. The topological polar surface area (TPSA) is 35.9 Å². The summed E-state index contributed by atoms with van der Waals surface area (Å²) < 4.78 is 109. The fourth-order valence-corrected chi connectivity index (χ4v) is 10.2. The van der Waals surface area contributed by atoms with Gasteiger partial charge in [0, 0.05) is 52.5 Å². The molecule has 350 valence electrons. The standard InChI is InChI=1S/C66H48N4O.Pt/c1-42-17-13-18-43(2)63(42)57-28-15-26-56-58-37-45(44-19-7-6-8-20-44)31-33-52(58)50-23-9-10-24-51(50)55-27-16-30-60-65(55)69(64(56)57)41-68(60)47-21-14-22-48(39-47)71-49-32-34-54-53-25-11-12-29-59(53)70(61(54)40-49)62-38-46(35-36-67-62)66(3,4)5;/h6-38H,1-5H3;/q-2;/i1D3,2D3,6D,7D,8D,19D,20D;. The summed E-state index contributed by atoms with van der Waals surface area (Å²) in [5.74, 6) is 1.56. The SMILES string of the molecule is [2H]c1c([2H])c([2H])c(-c2ccc3c(c2)-c2cccc(-c4c(C([2H])([2H])[2H])cccc4C([2H])([2H])[2H])c2-[n+]2[c-]n(-c4[c-]c(Oc5[c-]c6c(cc5)c5ccccc5n6-c5cc(C(C)(C)C)ccn5)ccc4)c4cccc(c42)-c2ccccc2-3)c([2H])c1[2H].[Pt]. The van der Waals surface area contributed by atoms with Crippen LogP contribution < -0.4 is 9.30 Å². The number of nitrogens with zero attached hydrogens (tertiary/aromatic N) is 4. The molecular formula is C66H48N4OPt-2. The van der Waals surface area contributed by atoms with Crippen LogP contribution in [-0.2, 0) is 26.5 Å². The molecular weight excluding hydrogens is 1060 g/mol. The Hall–Kier alpha value is -8.11. The zero-order valence-electron chi connectivity index (χ0n) is 50.2. The predicted molar refractivity (Wildman–Crippen MR) is 289 cm³/mol. The molecule has 6 heteroatoms. The molecule has 1 aliphatic rings. The Kier molecular flexibility index (Phi) is 8.39. The fraction of sp³-hybridized carbons (Fsp3) is 0.0909. The van der Waals surface area contributed by atoms with Crippen LogP contribution >= 0.6 is 0 Å². The predicted octanol–water partition coefficient (Wildman–Crippen LogP) is 16.2. The number of rotatable bonds is 6. The maximum atomic E-state index is 9.03. The minimum absolute atomic E-state index is 0. The second-order valence-electron chi connectivity index (χ2n) is 18.8. The number of hydrogen-bond acceptors (Lipinski definition) is 2. The summed E-state index contributed by atoms with van der Waals surface area (Å²) >= 11 is 0. The van der Waals surface area contributed by atoms with Gasteiger partial charge in [0.2, 0.25) is 0 Å². The van der Waals surface area contributed by atoms with Gasteiger partial charge in [-0.1, -0.05) is 166 Å². The van der Waals surface area contributed by atoms with Crippen LogP contribution in [0, 0.1) is 32.2 Å². The van der Waals surface area contributed by atoms with Crippen LogP contribution in [0.2, 0.25) is 0 Å². The van der Waals surface area contributed by atoms with Crippen molar-refractivity contribution in [1.29, 1.82) is 0 Å². The number of aromatic nitrogens is 4. The summed E-state index contributed by atoms with van der Waals surface area (Å²) in [6, 6.07) is 55.5. The van der Waals surface area contributed by atoms with Crippen LogP contribution in [0.1, 0.15) is 52.5 Å². The van der Waals surface area contributed by atoms with Crippen LogP contribution in [0.15, 0.2) is 200 Å². The van der Waals surface area contributed by atoms with E-state index in [1.807, 2.05) is 118 Å². The Morgan fingerprint density at radius 2 is 1.26 bits per heavy atom. The molecule has 0 bridgehead atoms. The molecule has 1 aliphatic heterocycles. The van der Waals surface area contributed by atoms with Gasteiger partial charge in [-0.2, -0.15) is 18.2 Å². The van der Waals surface area contributed by atoms with Gasteiger partial charge in [-0.05, 0) is 127 Å². The molecule has 0 fully saturated rings. The molecule has 0 saturated carbocycles. The third-order valence-corrected chi connectivity index (χ3v) is 13.5. The first kappa shape index (κ1) is 34.3. The first-order valence-electron chi connectivity index (χ1n) is 28.9. The van der Waals surface area contributed by atoms with Gasteiger partial charge in [-0.15, -0.1) is 29.7 Å².